The summed E-state index contributed by atoms with van der Waals surface area (Å²) >= 11 is 7.87. The number of likely N-dealkylation sites (tertiary alicyclic amines) is 1. The van der Waals surface area contributed by atoms with Crippen molar-refractivity contribution in [3.05, 3.63) is 111 Å². The summed E-state index contributed by atoms with van der Waals surface area (Å²) in [6, 6.07) is 17.7. The molecule has 3 amide bonds. The van der Waals surface area contributed by atoms with Crippen LogP contribution in [0.5, 0.6) is 5.75 Å². The number of hydrogen-bond donors (Lipinski definition) is 3. The summed E-state index contributed by atoms with van der Waals surface area (Å²) in [5.74, 6) is 0.743. The van der Waals surface area contributed by atoms with Crippen molar-refractivity contribution in [3.63, 3.8) is 0 Å². The van der Waals surface area contributed by atoms with Gasteiger partial charge in [0.15, 0.2) is 0 Å². The summed E-state index contributed by atoms with van der Waals surface area (Å²) in [4.78, 5) is 63.1. The number of hydrogen-bond acceptors (Lipinski definition) is 12. The van der Waals surface area contributed by atoms with Gasteiger partial charge in [0.05, 0.1) is 50.3 Å². The van der Waals surface area contributed by atoms with Crippen molar-refractivity contribution in [2.24, 2.45) is 23.8 Å². The number of pyridine rings is 1. The maximum Gasteiger partial charge on any atom is 0.253 e. The molecule has 0 spiro atoms. The fraction of sp³-hybridized carbons (Fsp3) is 0.500. The number of aliphatic hydroxyl groups is 1. The lowest BCUT2D eigenvalue weighted by molar-refractivity contribution is -0.164. The van der Waals surface area contributed by atoms with Crippen LogP contribution < -0.4 is 20.3 Å². The number of imidazole rings is 1. The van der Waals surface area contributed by atoms with Gasteiger partial charge >= 0.3 is 0 Å². The average molecular weight is 1000 g/mol. The van der Waals surface area contributed by atoms with Gasteiger partial charge in [0, 0.05) is 87.2 Å². The molecule has 4 atom stereocenters. The van der Waals surface area contributed by atoms with Crippen molar-refractivity contribution in [3.8, 4) is 22.3 Å². The summed E-state index contributed by atoms with van der Waals surface area (Å²) in [7, 11) is 1.96. The van der Waals surface area contributed by atoms with Crippen LogP contribution in [0.2, 0.25) is 5.02 Å². The number of thiazole rings is 1. The molecule has 15 nitrogen and oxygen atoms in total. The molecular formula is C54H67ClN10O5S. The summed E-state index contributed by atoms with van der Waals surface area (Å²) < 4.78 is 8.43. The monoisotopic (exact) mass is 1000 g/mol. The van der Waals surface area contributed by atoms with E-state index in [1.807, 2.05) is 87.4 Å². The van der Waals surface area contributed by atoms with Gasteiger partial charge in [0.1, 0.15) is 35.6 Å². The molecule has 5 aromatic rings. The zero-order chi connectivity index (χ0) is 50.9. The highest BCUT2D eigenvalue weighted by Gasteiger charge is 2.64. The lowest BCUT2D eigenvalue weighted by Crippen LogP contribution is -2.74. The molecule has 3 aromatic heterocycles. The molecule has 17 heteroatoms. The number of benzene rings is 2. The normalized spacial score (nSPS) is 21.6. The van der Waals surface area contributed by atoms with E-state index in [0.717, 1.165) is 78.8 Å². The Hall–Kier alpha value is -5.86. The van der Waals surface area contributed by atoms with Gasteiger partial charge in [0.25, 0.3) is 5.91 Å². The Morgan fingerprint density at radius 2 is 1.69 bits per heavy atom. The van der Waals surface area contributed by atoms with E-state index in [2.05, 4.69) is 59.2 Å². The van der Waals surface area contributed by atoms with Crippen LogP contribution >= 0.6 is 22.9 Å². The van der Waals surface area contributed by atoms with Crippen molar-refractivity contribution in [2.75, 3.05) is 44.2 Å². The maximum absolute atomic E-state index is 14.4. The molecule has 2 aliphatic heterocycles. The summed E-state index contributed by atoms with van der Waals surface area (Å²) in [5, 5.41) is 26.8. The molecule has 3 fully saturated rings. The van der Waals surface area contributed by atoms with E-state index in [1.54, 1.807) is 40.6 Å². The average Bonchev–Trinajstić information content (AvgIpc) is 4.07. The third-order valence-electron chi connectivity index (χ3n) is 15.0. The second-order valence-electron chi connectivity index (χ2n) is 21.0. The van der Waals surface area contributed by atoms with Crippen LogP contribution in [0.3, 0.4) is 0 Å². The highest BCUT2D eigenvalue weighted by Crippen LogP contribution is 2.55. The molecule has 0 bridgehead atoms. The number of aromatic nitrogens is 4. The minimum atomic E-state index is -0.798. The number of halogens is 1. The molecule has 2 aromatic carbocycles. The van der Waals surface area contributed by atoms with E-state index in [4.69, 9.17) is 26.3 Å². The summed E-state index contributed by atoms with van der Waals surface area (Å²) in [6.07, 6.45) is 4.40. The Morgan fingerprint density at radius 3 is 2.31 bits per heavy atom. The van der Waals surface area contributed by atoms with Crippen LogP contribution in [0, 0.1) is 35.0 Å². The Kier molecular flexibility index (Phi) is 15.3. The molecule has 1 aliphatic carbocycles. The second kappa shape index (κ2) is 21.1. The standard InChI is InChI=1S/C54H67ClN10O5S/c1-32(2)45(50(69)65-30-40(66)25-43(65)49(68)60-33(3)35-12-14-36(15-13-35)46-34(4)59-31-71-46)47-58-29-39(62(47)9)11-10-20-63-21-23-64(24-22-63)44-19-17-38(28-57-44)48(67)61-51-53(5,6)52(54(51,7)8)70-41-18-16-37(27-56)42(55)26-41/h12-19,26,28-29,31-33,40,43,45,51-52,66H,10-11,20-25,30H2,1-9H3,(H,60,68)(H,61,67)/t33-,40+,43-,45-,51?,52?/m0/s1. The van der Waals surface area contributed by atoms with Crippen LogP contribution in [0.1, 0.15) is 112 Å². The topological polar surface area (TPSA) is 182 Å². The zero-order valence-corrected chi connectivity index (χ0v) is 43.9. The van der Waals surface area contributed by atoms with Crippen LogP contribution in [0.25, 0.3) is 10.4 Å². The molecule has 71 heavy (non-hydrogen) atoms. The number of β-amino-alcohol motifs (C(OH)–C–C–N with tert-alkyl or cyclic N) is 1. The zero-order valence-electron chi connectivity index (χ0n) is 42.3. The third-order valence-corrected chi connectivity index (χ3v) is 16.3. The molecule has 1 saturated carbocycles. The molecule has 8 rings (SSSR count). The van der Waals surface area contributed by atoms with Crippen molar-refractivity contribution >= 4 is 46.5 Å². The maximum atomic E-state index is 14.4. The Labute approximate surface area is 426 Å². The van der Waals surface area contributed by atoms with Crippen LogP contribution in [-0.4, -0.2) is 116 Å². The molecule has 3 aliphatic rings. The van der Waals surface area contributed by atoms with Crippen LogP contribution in [0.4, 0.5) is 5.82 Å². The quantitative estimate of drug-likeness (QED) is 0.0881. The molecule has 3 N–H and O–H groups in total. The Bertz CT molecular complexity index is 2740. The second-order valence-corrected chi connectivity index (χ2v) is 22.3. The van der Waals surface area contributed by atoms with E-state index >= 15 is 0 Å². The molecule has 0 radical (unpaired) electrons. The lowest BCUT2D eigenvalue weighted by atomic mass is 9.49. The van der Waals surface area contributed by atoms with Gasteiger partial charge in [-0.1, -0.05) is 77.4 Å². The number of nitriles is 1. The lowest BCUT2D eigenvalue weighted by Gasteiger charge is -2.63. The smallest absolute Gasteiger partial charge is 0.253 e. The highest BCUT2D eigenvalue weighted by molar-refractivity contribution is 7.13. The van der Waals surface area contributed by atoms with Crippen molar-refractivity contribution < 1.29 is 24.2 Å². The van der Waals surface area contributed by atoms with E-state index < -0.39 is 18.1 Å². The largest absolute Gasteiger partial charge is 0.489 e. The van der Waals surface area contributed by atoms with E-state index in [1.165, 1.54) is 0 Å². The number of rotatable bonds is 16. The fourth-order valence-corrected chi connectivity index (χ4v) is 12.3. The number of anilines is 1. The molecule has 5 heterocycles. The first-order chi connectivity index (χ1) is 33.8. The van der Waals surface area contributed by atoms with E-state index in [0.29, 0.717) is 27.7 Å². The third kappa shape index (κ3) is 10.7. The first-order valence-corrected chi connectivity index (χ1v) is 25.9. The van der Waals surface area contributed by atoms with Gasteiger partial charge in [-0.05, 0) is 74.5 Å². The SMILES string of the molecule is Cc1ncsc1-c1ccc([C@H](C)NC(=O)[C@@H]2C[C@@H](O)CN2C(=O)[C@H](c2ncc(CCCN3CCN(c4ccc(C(=O)NC5C(C)(C)C(Oc6ccc(C#N)c(Cl)c6)C5(C)C)cn4)CC3)n2C)C(C)C)cc1. The molecule has 2 saturated heterocycles. The van der Waals surface area contributed by atoms with E-state index in [9.17, 15) is 24.8 Å². The molecular weight excluding hydrogens is 936 g/mol. The minimum absolute atomic E-state index is 0.0937. The Morgan fingerprint density at radius 1 is 0.972 bits per heavy atom. The summed E-state index contributed by atoms with van der Waals surface area (Å²) in [6.45, 7) is 20.6. The molecule has 0 unspecified atom stereocenters. The number of piperazine rings is 1. The number of ether oxygens (including phenoxy) is 1. The van der Waals surface area contributed by atoms with Gasteiger partial charge in [0.2, 0.25) is 11.8 Å². The van der Waals surface area contributed by atoms with E-state index in [-0.39, 0.29) is 65.6 Å². The number of carbonyl (C=O) groups excluding carboxylic acids is 3. The molecule has 376 valence electrons. The number of nitrogens with zero attached hydrogens (tertiary/aromatic N) is 8. The number of carbonyl (C=O) groups is 3. The van der Waals surface area contributed by atoms with Crippen molar-refractivity contribution in [1.29, 1.82) is 5.26 Å². The number of nitrogens with one attached hydrogen (secondary N) is 2. The fourth-order valence-electron chi connectivity index (χ4n) is 11.3. The predicted molar refractivity (Wildman–Crippen MR) is 276 cm³/mol. The number of aliphatic hydroxyl groups excluding tert-OH is 1. The van der Waals surface area contributed by atoms with Crippen molar-refractivity contribution in [2.45, 2.75) is 111 Å². The van der Waals surface area contributed by atoms with Gasteiger partial charge in [-0.25, -0.2) is 15.0 Å². The Balaban J connectivity index is 0.799. The summed E-state index contributed by atoms with van der Waals surface area (Å²) in [5.41, 5.74) is 6.01. The highest BCUT2D eigenvalue weighted by atomic mass is 35.5. The van der Waals surface area contributed by atoms with Gasteiger partial charge in [-0.3, -0.25) is 19.3 Å². The minimum Gasteiger partial charge on any atom is -0.489 e. The number of aryl methyl sites for hydroxylation is 2. The van der Waals surface area contributed by atoms with Crippen LogP contribution in [-0.2, 0) is 23.1 Å². The van der Waals surface area contributed by atoms with Gasteiger partial charge in [-0.15, -0.1) is 11.3 Å². The van der Waals surface area contributed by atoms with Gasteiger partial charge < -0.3 is 34.8 Å². The van der Waals surface area contributed by atoms with Crippen LogP contribution in [0.15, 0.2) is 72.5 Å². The van der Waals surface area contributed by atoms with Gasteiger partial charge in [-0.2, -0.15) is 5.26 Å². The van der Waals surface area contributed by atoms with Crippen molar-refractivity contribution in [1.82, 2.24) is 40.0 Å². The number of amides is 3. The first kappa shape index (κ1) is 51.5. The predicted octanol–water partition coefficient (Wildman–Crippen LogP) is 7.72. The first-order valence-electron chi connectivity index (χ1n) is 24.7.